The van der Waals surface area contributed by atoms with E-state index in [1.54, 1.807) is 6.92 Å². The number of aryl methyl sites for hydroxylation is 1. The average Bonchev–Trinajstić information content (AvgIpc) is 2.56. The average molecular weight is 278 g/mol. The molecule has 19 heavy (non-hydrogen) atoms. The highest BCUT2D eigenvalue weighted by atomic mass is 19.4. The zero-order valence-corrected chi connectivity index (χ0v) is 10.5. The van der Waals surface area contributed by atoms with Crippen molar-refractivity contribution < 1.29 is 27.5 Å². The molecule has 0 unspecified atom stereocenters. The van der Waals surface area contributed by atoms with E-state index in [0.717, 1.165) is 6.20 Å². The number of hydrogen-bond donors (Lipinski definition) is 0. The van der Waals surface area contributed by atoms with Crippen LogP contribution in [-0.4, -0.2) is 34.3 Å². The Kier molecular flexibility index (Phi) is 4.68. The Balaban J connectivity index is 2.78. The number of carbonyl (C=O) groups excluding carboxylic acids is 2. The van der Waals surface area contributed by atoms with Gasteiger partial charge in [-0.25, -0.2) is 0 Å². The van der Waals surface area contributed by atoms with E-state index in [9.17, 15) is 22.8 Å². The Morgan fingerprint density at radius 1 is 1.42 bits per heavy atom. The van der Waals surface area contributed by atoms with E-state index in [2.05, 4.69) is 9.84 Å². The predicted molar refractivity (Wildman–Crippen MR) is 58.6 cm³/mol. The molecule has 1 aromatic heterocycles. The Morgan fingerprint density at radius 3 is 2.58 bits per heavy atom. The smallest absolute Gasteiger partial charge is 0.408 e. The number of halogens is 3. The number of ketones is 1. The van der Waals surface area contributed by atoms with Crippen LogP contribution in [0.1, 0.15) is 29.4 Å². The number of ether oxygens (including phenoxy) is 1. The van der Waals surface area contributed by atoms with E-state index in [-0.39, 0.29) is 17.9 Å². The molecule has 0 aliphatic carbocycles. The number of carbonyl (C=O) groups is 2. The Bertz CT molecular complexity index is 480. The van der Waals surface area contributed by atoms with Crippen LogP contribution in [-0.2, 0) is 16.1 Å². The minimum absolute atomic E-state index is 0.00250. The second-order valence-electron chi connectivity index (χ2n) is 3.85. The van der Waals surface area contributed by atoms with Gasteiger partial charge in [-0.2, -0.15) is 18.3 Å². The summed E-state index contributed by atoms with van der Waals surface area (Å²) >= 11 is 0. The number of rotatable bonds is 5. The highest BCUT2D eigenvalue weighted by Gasteiger charge is 2.29. The third-order valence-corrected chi connectivity index (χ3v) is 2.20. The Morgan fingerprint density at radius 2 is 2.05 bits per heavy atom. The van der Waals surface area contributed by atoms with Crippen molar-refractivity contribution in [3.8, 4) is 0 Å². The summed E-state index contributed by atoms with van der Waals surface area (Å²) in [6, 6.07) is 0. The number of esters is 1. The maximum Gasteiger partial charge on any atom is 0.408 e. The summed E-state index contributed by atoms with van der Waals surface area (Å²) < 4.78 is 41.7. The quantitative estimate of drug-likeness (QED) is 0.469. The summed E-state index contributed by atoms with van der Waals surface area (Å²) in [5, 5.41) is 3.59. The monoisotopic (exact) mass is 278 g/mol. The number of Topliss-reactive ketones (excluding diaryl/α,β-unsaturated/α-hetero) is 1. The van der Waals surface area contributed by atoms with Gasteiger partial charge in [0, 0.05) is 6.20 Å². The second kappa shape index (κ2) is 5.85. The van der Waals surface area contributed by atoms with Gasteiger partial charge in [-0.3, -0.25) is 14.3 Å². The zero-order valence-electron chi connectivity index (χ0n) is 10.5. The minimum atomic E-state index is -4.42. The normalized spacial score (nSPS) is 11.4. The lowest BCUT2D eigenvalue weighted by Crippen LogP contribution is -2.18. The first-order valence-corrected chi connectivity index (χ1v) is 5.52. The molecule has 0 N–H and O–H groups in total. The molecule has 5 nitrogen and oxygen atoms in total. The summed E-state index contributed by atoms with van der Waals surface area (Å²) in [5.74, 6) is -1.32. The van der Waals surface area contributed by atoms with Gasteiger partial charge >= 0.3 is 12.1 Å². The molecule has 0 aliphatic heterocycles. The molecule has 0 bridgehead atoms. The van der Waals surface area contributed by atoms with Gasteiger partial charge in [0.15, 0.2) is 5.78 Å². The molecule has 0 aromatic carbocycles. The number of aromatic nitrogens is 2. The van der Waals surface area contributed by atoms with Crippen molar-refractivity contribution in [3.05, 3.63) is 17.5 Å². The topological polar surface area (TPSA) is 61.2 Å². The van der Waals surface area contributed by atoms with Gasteiger partial charge in [0.1, 0.15) is 13.0 Å². The van der Waals surface area contributed by atoms with Gasteiger partial charge in [0.05, 0.1) is 17.9 Å². The van der Waals surface area contributed by atoms with Crippen molar-refractivity contribution in [3.63, 3.8) is 0 Å². The second-order valence-corrected chi connectivity index (χ2v) is 3.85. The van der Waals surface area contributed by atoms with Crippen LogP contribution >= 0.6 is 0 Å². The largest absolute Gasteiger partial charge is 0.466 e. The van der Waals surface area contributed by atoms with Crippen LogP contribution in [0, 0.1) is 6.92 Å². The van der Waals surface area contributed by atoms with Crippen LogP contribution in [0.15, 0.2) is 6.20 Å². The SMILES string of the molecule is CCOC(=O)CC(=O)c1cn(CC(F)(F)F)nc1C. The summed E-state index contributed by atoms with van der Waals surface area (Å²) in [6.07, 6.45) is -3.93. The van der Waals surface area contributed by atoms with Crippen molar-refractivity contribution in [2.75, 3.05) is 6.61 Å². The fourth-order valence-electron chi connectivity index (χ4n) is 1.49. The molecular formula is C11H13F3N2O3. The van der Waals surface area contributed by atoms with E-state index >= 15 is 0 Å². The van der Waals surface area contributed by atoms with Gasteiger partial charge in [-0.05, 0) is 13.8 Å². The first-order valence-electron chi connectivity index (χ1n) is 5.52. The third kappa shape index (κ3) is 4.72. The molecule has 0 atom stereocenters. The van der Waals surface area contributed by atoms with Crippen molar-refractivity contribution in [2.45, 2.75) is 33.0 Å². The van der Waals surface area contributed by atoms with Crippen molar-refractivity contribution in [1.82, 2.24) is 9.78 Å². The van der Waals surface area contributed by atoms with Crippen LogP contribution in [0.4, 0.5) is 13.2 Å². The van der Waals surface area contributed by atoms with E-state index in [1.165, 1.54) is 6.92 Å². The molecule has 0 fully saturated rings. The van der Waals surface area contributed by atoms with Crippen LogP contribution in [0.5, 0.6) is 0 Å². The van der Waals surface area contributed by atoms with Crippen LogP contribution in [0.3, 0.4) is 0 Å². The lowest BCUT2D eigenvalue weighted by atomic mass is 10.1. The Labute approximate surface area is 107 Å². The fraction of sp³-hybridized carbons (Fsp3) is 0.545. The number of alkyl halides is 3. The molecule has 0 spiro atoms. The maximum absolute atomic E-state index is 12.2. The van der Waals surface area contributed by atoms with E-state index in [0.29, 0.717) is 4.68 Å². The van der Waals surface area contributed by atoms with E-state index in [1.807, 2.05) is 0 Å². The van der Waals surface area contributed by atoms with E-state index in [4.69, 9.17) is 0 Å². The molecule has 8 heteroatoms. The summed E-state index contributed by atoms with van der Waals surface area (Å²) in [6.45, 7) is 1.86. The minimum Gasteiger partial charge on any atom is -0.466 e. The third-order valence-electron chi connectivity index (χ3n) is 2.20. The zero-order chi connectivity index (χ0) is 14.6. The highest BCUT2D eigenvalue weighted by molar-refractivity contribution is 6.06. The van der Waals surface area contributed by atoms with Gasteiger partial charge in [0.25, 0.3) is 0 Å². The summed E-state index contributed by atoms with van der Waals surface area (Å²) in [7, 11) is 0. The van der Waals surface area contributed by atoms with Gasteiger partial charge < -0.3 is 4.74 Å². The molecular weight excluding hydrogens is 265 g/mol. The molecule has 0 saturated carbocycles. The first kappa shape index (κ1) is 15.2. The molecule has 1 aromatic rings. The first-order chi connectivity index (χ1) is 8.73. The van der Waals surface area contributed by atoms with Crippen molar-refractivity contribution in [1.29, 1.82) is 0 Å². The molecule has 1 rings (SSSR count). The number of hydrogen-bond acceptors (Lipinski definition) is 4. The molecule has 106 valence electrons. The van der Waals surface area contributed by atoms with Crippen LogP contribution < -0.4 is 0 Å². The van der Waals surface area contributed by atoms with Crippen molar-refractivity contribution in [2.24, 2.45) is 0 Å². The van der Waals surface area contributed by atoms with Crippen LogP contribution in [0.2, 0.25) is 0 Å². The number of nitrogens with zero attached hydrogens (tertiary/aromatic N) is 2. The van der Waals surface area contributed by atoms with E-state index < -0.39 is 30.9 Å². The lowest BCUT2D eigenvalue weighted by Gasteiger charge is -2.05. The van der Waals surface area contributed by atoms with Crippen molar-refractivity contribution >= 4 is 11.8 Å². The molecule has 0 amide bonds. The van der Waals surface area contributed by atoms with Gasteiger partial charge in [-0.1, -0.05) is 0 Å². The molecule has 0 saturated heterocycles. The lowest BCUT2D eigenvalue weighted by molar-refractivity contribution is -0.143. The van der Waals surface area contributed by atoms with Gasteiger partial charge in [0.2, 0.25) is 0 Å². The predicted octanol–water partition coefficient (Wildman–Crippen LogP) is 1.89. The summed E-state index contributed by atoms with van der Waals surface area (Å²) in [4.78, 5) is 22.8. The highest BCUT2D eigenvalue weighted by Crippen LogP contribution is 2.18. The summed E-state index contributed by atoms with van der Waals surface area (Å²) in [5.41, 5.74) is 0.149. The maximum atomic E-state index is 12.2. The molecule has 1 heterocycles. The standard InChI is InChI=1S/C11H13F3N2O3/c1-3-19-10(18)4-9(17)8-5-16(15-7(8)2)6-11(12,13)14/h5H,3-4,6H2,1-2H3. The fourth-order valence-corrected chi connectivity index (χ4v) is 1.49. The van der Waals surface area contributed by atoms with Crippen LogP contribution in [0.25, 0.3) is 0 Å². The Hall–Kier alpha value is -1.86. The van der Waals surface area contributed by atoms with Gasteiger partial charge in [-0.15, -0.1) is 0 Å². The molecule has 0 aliphatic rings. The molecule has 0 radical (unpaired) electrons.